The molecule has 0 aromatic heterocycles. The fourth-order valence-electron chi connectivity index (χ4n) is 2.96. The summed E-state index contributed by atoms with van der Waals surface area (Å²) in [6.07, 6.45) is -4.91. The van der Waals surface area contributed by atoms with Crippen molar-refractivity contribution in [2.45, 2.75) is 52.1 Å². The van der Waals surface area contributed by atoms with Crippen LogP contribution in [-0.4, -0.2) is 35.2 Å². The van der Waals surface area contributed by atoms with E-state index >= 15 is 0 Å². The topological polar surface area (TPSA) is 41.9 Å². The van der Waals surface area contributed by atoms with E-state index in [9.17, 15) is 18.0 Å². The van der Waals surface area contributed by atoms with Crippen LogP contribution < -0.4 is 0 Å². The minimum Gasteiger partial charge on any atom is -0.460 e. The van der Waals surface area contributed by atoms with Crippen molar-refractivity contribution in [2.24, 2.45) is 4.99 Å². The van der Waals surface area contributed by atoms with Gasteiger partial charge in [-0.25, -0.2) is 9.79 Å². The number of allylic oxidation sites excluding steroid dienone is 1. The summed E-state index contributed by atoms with van der Waals surface area (Å²) >= 11 is 1.16. The molecule has 2 rings (SSSR count). The van der Waals surface area contributed by atoms with Gasteiger partial charge in [0, 0.05) is 13.1 Å². The normalized spacial score (nSPS) is 17.6. The Morgan fingerprint density at radius 2 is 1.86 bits per heavy atom. The Kier molecular flexibility index (Phi) is 7.20. The first-order valence-electron chi connectivity index (χ1n) is 9.18. The number of alkyl halides is 3. The Morgan fingerprint density at radius 3 is 2.39 bits per heavy atom. The van der Waals surface area contributed by atoms with E-state index in [0.29, 0.717) is 24.0 Å². The second-order valence-electron chi connectivity index (χ2n) is 6.60. The zero-order valence-electron chi connectivity index (χ0n) is 16.6. The van der Waals surface area contributed by atoms with E-state index in [1.165, 1.54) is 12.1 Å². The largest absolute Gasteiger partial charge is 0.460 e. The third kappa shape index (κ3) is 4.90. The van der Waals surface area contributed by atoms with Crippen LogP contribution in [0.15, 0.2) is 40.5 Å². The summed E-state index contributed by atoms with van der Waals surface area (Å²) in [6.45, 7) is 10.3. The SMILES string of the molecule is CCN(CC)C1=NC(C)=C(C(=O)OC(C)C)[C@H](c2ccccc2C(F)(F)F)S1. The predicted molar refractivity (Wildman–Crippen MR) is 106 cm³/mol. The zero-order valence-corrected chi connectivity index (χ0v) is 17.4. The van der Waals surface area contributed by atoms with E-state index in [1.807, 2.05) is 18.7 Å². The Bertz CT molecular complexity index is 784. The number of aliphatic imine (C=N–C) groups is 1. The summed E-state index contributed by atoms with van der Waals surface area (Å²) in [7, 11) is 0. The van der Waals surface area contributed by atoms with E-state index in [1.54, 1.807) is 26.8 Å². The third-order valence-corrected chi connectivity index (χ3v) is 5.57. The molecule has 1 atom stereocenters. The molecular weight excluding hydrogens is 389 g/mol. The molecule has 0 fully saturated rings. The number of rotatable bonds is 5. The van der Waals surface area contributed by atoms with Crippen LogP contribution in [0.3, 0.4) is 0 Å². The van der Waals surface area contributed by atoms with Crippen molar-refractivity contribution in [1.29, 1.82) is 0 Å². The van der Waals surface area contributed by atoms with Crippen LogP contribution in [0, 0.1) is 0 Å². The molecule has 0 amide bonds. The molecule has 1 aliphatic heterocycles. The average molecular weight is 414 g/mol. The van der Waals surface area contributed by atoms with Gasteiger partial charge in [0.25, 0.3) is 0 Å². The maximum absolute atomic E-state index is 13.6. The first-order chi connectivity index (χ1) is 13.1. The van der Waals surface area contributed by atoms with E-state index in [2.05, 4.69) is 4.99 Å². The molecule has 1 aromatic rings. The number of hydrogen-bond donors (Lipinski definition) is 0. The molecule has 0 saturated heterocycles. The van der Waals surface area contributed by atoms with E-state index in [4.69, 9.17) is 4.74 Å². The minimum absolute atomic E-state index is 0.0367. The van der Waals surface area contributed by atoms with E-state index in [0.717, 1.165) is 17.8 Å². The lowest BCUT2D eigenvalue weighted by atomic mass is 9.97. The van der Waals surface area contributed by atoms with Crippen LogP contribution in [-0.2, 0) is 15.7 Å². The van der Waals surface area contributed by atoms with Crippen LogP contribution in [0.2, 0.25) is 0 Å². The number of ether oxygens (including phenoxy) is 1. The van der Waals surface area contributed by atoms with Crippen LogP contribution in [0.5, 0.6) is 0 Å². The van der Waals surface area contributed by atoms with Gasteiger partial charge in [-0.1, -0.05) is 30.0 Å². The molecule has 4 nitrogen and oxygen atoms in total. The van der Waals surface area contributed by atoms with Crippen molar-refractivity contribution in [3.8, 4) is 0 Å². The molecule has 0 N–H and O–H groups in total. The number of carbonyl (C=O) groups is 1. The van der Waals surface area contributed by atoms with Gasteiger partial charge < -0.3 is 9.64 Å². The van der Waals surface area contributed by atoms with Gasteiger partial charge in [-0.05, 0) is 46.2 Å². The molecule has 0 spiro atoms. The Morgan fingerprint density at radius 1 is 1.25 bits per heavy atom. The van der Waals surface area contributed by atoms with Gasteiger partial charge in [-0.3, -0.25) is 0 Å². The van der Waals surface area contributed by atoms with Gasteiger partial charge in [0.15, 0.2) is 5.17 Å². The molecule has 0 radical (unpaired) electrons. The number of carbonyl (C=O) groups excluding carboxylic acids is 1. The average Bonchev–Trinajstić information content (AvgIpc) is 2.60. The maximum Gasteiger partial charge on any atom is 0.416 e. The van der Waals surface area contributed by atoms with Gasteiger partial charge in [0.2, 0.25) is 0 Å². The van der Waals surface area contributed by atoms with Crippen LogP contribution >= 0.6 is 11.8 Å². The summed E-state index contributed by atoms with van der Waals surface area (Å²) in [5.74, 6) is -0.635. The minimum atomic E-state index is -4.53. The van der Waals surface area contributed by atoms with Gasteiger partial charge >= 0.3 is 12.1 Å². The highest BCUT2D eigenvalue weighted by atomic mass is 32.2. The maximum atomic E-state index is 13.6. The van der Waals surface area contributed by atoms with Gasteiger partial charge in [0.05, 0.1) is 28.2 Å². The number of esters is 1. The fraction of sp³-hybridized carbons (Fsp3) is 0.500. The highest BCUT2D eigenvalue weighted by Gasteiger charge is 2.40. The second-order valence-corrected chi connectivity index (χ2v) is 7.67. The quantitative estimate of drug-likeness (QED) is 0.604. The fourth-order valence-corrected chi connectivity index (χ4v) is 4.48. The molecule has 1 aliphatic rings. The second kappa shape index (κ2) is 9.03. The van der Waals surface area contributed by atoms with Crippen molar-refractivity contribution in [2.75, 3.05) is 13.1 Å². The molecule has 0 bridgehead atoms. The first-order valence-corrected chi connectivity index (χ1v) is 10.1. The molecule has 0 aliphatic carbocycles. The lowest BCUT2D eigenvalue weighted by molar-refractivity contribution is -0.143. The summed E-state index contributed by atoms with van der Waals surface area (Å²) in [5, 5.41) is -0.247. The first kappa shape index (κ1) is 22.3. The number of thioether (sulfide) groups is 1. The Hall–Kier alpha value is -1.96. The highest BCUT2D eigenvalue weighted by Crippen LogP contribution is 2.47. The number of hydrogen-bond acceptors (Lipinski definition) is 5. The predicted octanol–water partition coefficient (Wildman–Crippen LogP) is 5.42. The summed E-state index contributed by atoms with van der Waals surface area (Å²) in [5.41, 5.74) is -0.176. The summed E-state index contributed by atoms with van der Waals surface area (Å²) in [6, 6.07) is 5.36. The standard InChI is InChI=1S/C20H25F3N2O2S/c1-6-25(7-2)19-24-13(5)16(18(26)27-12(3)4)17(28-19)14-10-8-9-11-15(14)20(21,22)23/h8-12,17H,6-7H2,1-5H3/t17-/m0/s1. The van der Waals surface area contributed by atoms with Crippen LogP contribution in [0.4, 0.5) is 13.2 Å². The van der Waals surface area contributed by atoms with Crippen molar-refractivity contribution in [1.82, 2.24) is 4.90 Å². The van der Waals surface area contributed by atoms with Crippen LogP contribution in [0.1, 0.15) is 51.0 Å². The van der Waals surface area contributed by atoms with Crippen LogP contribution in [0.25, 0.3) is 0 Å². The summed E-state index contributed by atoms with van der Waals surface area (Å²) in [4.78, 5) is 19.2. The van der Waals surface area contributed by atoms with Gasteiger partial charge in [0.1, 0.15) is 0 Å². The van der Waals surface area contributed by atoms with Crippen molar-refractivity contribution in [3.05, 3.63) is 46.7 Å². The van der Waals surface area contributed by atoms with Gasteiger partial charge in [-0.2, -0.15) is 13.2 Å². The monoisotopic (exact) mass is 414 g/mol. The molecule has 1 aromatic carbocycles. The molecule has 1 heterocycles. The number of amidine groups is 1. The Balaban J connectivity index is 2.63. The molecule has 8 heteroatoms. The molecule has 0 unspecified atom stereocenters. The van der Waals surface area contributed by atoms with Crippen molar-refractivity contribution < 1.29 is 22.7 Å². The summed E-state index contributed by atoms with van der Waals surface area (Å²) < 4.78 is 46.2. The molecule has 28 heavy (non-hydrogen) atoms. The number of nitrogens with zero attached hydrogens (tertiary/aromatic N) is 2. The number of benzene rings is 1. The third-order valence-electron chi connectivity index (χ3n) is 4.28. The van der Waals surface area contributed by atoms with E-state index in [-0.39, 0.29) is 17.2 Å². The smallest absolute Gasteiger partial charge is 0.416 e. The molecule has 154 valence electrons. The Labute approximate surface area is 167 Å². The van der Waals surface area contributed by atoms with Crippen molar-refractivity contribution in [3.63, 3.8) is 0 Å². The highest BCUT2D eigenvalue weighted by molar-refractivity contribution is 8.14. The van der Waals surface area contributed by atoms with E-state index < -0.39 is 23.0 Å². The number of halogens is 3. The zero-order chi connectivity index (χ0) is 21.1. The lowest BCUT2D eigenvalue weighted by Crippen LogP contribution is -2.32. The molecule has 0 saturated carbocycles. The van der Waals surface area contributed by atoms with Crippen molar-refractivity contribution >= 4 is 22.9 Å². The van der Waals surface area contributed by atoms with Gasteiger partial charge in [-0.15, -0.1) is 0 Å². The lowest BCUT2D eigenvalue weighted by Gasteiger charge is -2.32. The molecular formula is C20H25F3N2O2S.